The van der Waals surface area contributed by atoms with Gasteiger partial charge in [-0.3, -0.25) is 14.4 Å². The van der Waals surface area contributed by atoms with Crippen molar-refractivity contribution >= 4 is 44.1 Å². The summed E-state index contributed by atoms with van der Waals surface area (Å²) >= 11 is 0. The Labute approximate surface area is 347 Å². The van der Waals surface area contributed by atoms with E-state index in [9.17, 15) is 28.8 Å². The summed E-state index contributed by atoms with van der Waals surface area (Å²) in [5, 5.41) is 8.42. The molecule has 4 atom stereocenters. The van der Waals surface area contributed by atoms with Gasteiger partial charge in [-0.1, -0.05) is 62.1 Å². The van der Waals surface area contributed by atoms with Crippen LogP contribution in [0, 0.1) is 0 Å². The molecule has 6 amide bonds. The summed E-state index contributed by atoms with van der Waals surface area (Å²) in [6.45, 7) is 11.5. The quantitative estimate of drug-likeness (QED) is 0.259. The number of nitrogens with zero attached hydrogens (tertiary/aromatic N) is 3. The van der Waals surface area contributed by atoms with Crippen molar-refractivity contribution in [1.82, 2.24) is 30.7 Å². The molecule has 1 saturated heterocycles. The molecule has 3 aliphatic rings. The van der Waals surface area contributed by atoms with Gasteiger partial charge in [-0.15, -0.1) is 0 Å². The van der Waals surface area contributed by atoms with Gasteiger partial charge in [0.2, 0.25) is 17.7 Å². The maximum atomic E-state index is 14.7. The number of ether oxygens (including phenoxy) is 4. The summed E-state index contributed by atoms with van der Waals surface area (Å²) in [6.07, 6.45) is -1.26. The van der Waals surface area contributed by atoms with Crippen LogP contribution in [0.15, 0.2) is 48.5 Å². The standard InChI is InChI=1S/C42H60N6O10Si/c1-41(2,3)58-40(54)45-42-18-17-29-15-12-16-34(32(29)22-42)56-27-31-21-30(43-38(52)55-19-20-59(6,7)8)23-48(31)35(49)25-46(4)36(50)33(24-47(5)37(42)51)44-39(53)57-26-28-13-10-9-11-14-28/h9-16,30-31,33H,17-27H2,1-8H3,(H,43,52)(H,44,53)(H,45,54)/t30-,31-,33-,42-/m0/s1. The van der Waals surface area contributed by atoms with E-state index in [0.29, 0.717) is 30.8 Å². The van der Waals surface area contributed by atoms with Gasteiger partial charge in [0.1, 0.15) is 36.1 Å². The molecule has 2 aromatic carbocycles. The number of fused-ring (bicyclic) bond motifs is 2. The topological polar surface area (TPSA) is 185 Å². The van der Waals surface area contributed by atoms with Gasteiger partial charge >= 0.3 is 18.3 Å². The van der Waals surface area contributed by atoms with E-state index in [-0.39, 0.29) is 45.7 Å². The van der Waals surface area contributed by atoms with E-state index >= 15 is 0 Å². The first-order valence-electron chi connectivity index (χ1n) is 20.2. The molecule has 3 N–H and O–H groups in total. The maximum Gasteiger partial charge on any atom is 0.408 e. The van der Waals surface area contributed by atoms with Crippen LogP contribution in [0.3, 0.4) is 0 Å². The van der Waals surface area contributed by atoms with Gasteiger partial charge in [-0.2, -0.15) is 0 Å². The summed E-state index contributed by atoms with van der Waals surface area (Å²) in [5.74, 6) is -1.08. The smallest absolute Gasteiger partial charge is 0.408 e. The minimum Gasteiger partial charge on any atom is -0.491 e. The zero-order valence-electron chi connectivity index (χ0n) is 35.6. The summed E-state index contributed by atoms with van der Waals surface area (Å²) in [5.41, 5.74) is -0.0175. The average molecular weight is 837 g/mol. The largest absolute Gasteiger partial charge is 0.491 e. The fourth-order valence-electron chi connectivity index (χ4n) is 7.54. The van der Waals surface area contributed by atoms with Gasteiger partial charge in [0.25, 0.3) is 0 Å². The molecule has 2 heterocycles. The van der Waals surface area contributed by atoms with E-state index in [1.807, 2.05) is 18.2 Å². The van der Waals surface area contributed by atoms with E-state index in [2.05, 4.69) is 35.6 Å². The van der Waals surface area contributed by atoms with Crippen molar-refractivity contribution in [2.75, 3.05) is 46.9 Å². The first-order valence-corrected chi connectivity index (χ1v) is 23.9. The third-order valence-corrected chi connectivity index (χ3v) is 12.3. The first kappa shape index (κ1) is 44.8. The Balaban J connectivity index is 1.47. The third-order valence-electron chi connectivity index (χ3n) is 10.6. The fourth-order valence-corrected chi connectivity index (χ4v) is 8.26. The number of hydrogen-bond donors (Lipinski definition) is 3. The normalized spacial score (nSPS) is 22.8. The Hall–Kier alpha value is -5.32. The lowest BCUT2D eigenvalue weighted by atomic mass is 9.76. The number of carbonyl (C=O) groups excluding carboxylic acids is 6. The Morgan fingerprint density at radius 1 is 0.898 bits per heavy atom. The van der Waals surface area contributed by atoms with E-state index in [1.165, 1.54) is 23.9 Å². The minimum atomic E-state index is -1.52. The SMILES string of the molecule is CN1CC(=O)N2C[C@@H](NC(=O)OCC[Si](C)(C)C)C[C@H]2COc2cccc3c2C[C@@](NC(=O)OC(C)(C)C)(CC3)C(=O)N(C)C[C@H](NC(=O)OCc2ccccc2)C1=O. The molecule has 0 radical (unpaired) electrons. The predicted molar refractivity (Wildman–Crippen MR) is 221 cm³/mol. The summed E-state index contributed by atoms with van der Waals surface area (Å²) in [7, 11) is 1.49. The molecule has 2 bridgehead atoms. The molecule has 1 fully saturated rings. The van der Waals surface area contributed by atoms with Crippen LogP contribution in [0.25, 0.3) is 0 Å². The molecular formula is C42H60N6O10Si. The fraction of sp³-hybridized carbons (Fsp3) is 0.571. The molecule has 5 rings (SSSR count). The Morgan fingerprint density at radius 3 is 2.31 bits per heavy atom. The average Bonchev–Trinajstić information content (AvgIpc) is 3.56. The van der Waals surface area contributed by atoms with Crippen molar-refractivity contribution in [1.29, 1.82) is 0 Å². The second-order valence-corrected chi connectivity index (χ2v) is 23.6. The summed E-state index contributed by atoms with van der Waals surface area (Å²) in [4.78, 5) is 86.6. The number of nitrogens with one attached hydrogen (secondary N) is 3. The number of hydrogen-bond acceptors (Lipinski definition) is 10. The van der Waals surface area contributed by atoms with Gasteiger partial charge < -0.3 is 49.6 Å². The second kappa shape index (κ2) is 18.7. The highest BCUT2D eigenvalue weighted by molar-refractivity contribution is 6.76. The molecule has 2 aromatic rings. The van der Waals surface area contributed by atoms with Crippen molar-refractivity contribution < 1.29 is 47.7 Å². The number of alkyl carbamates (subject to hydrolysis) is 3. The molecule has 0 unspecified atom stereocenters. The van der Waals surface area contributed by atoms with Gasteiger partial charge in [0.05, 0.1) is 25.2 Å². The molecule has 322 valence electrons. The van der Waals surface area contributed by atoms with Crippen LogP contribution in [0.1, 0.15) is 50.3 Å². The number of carbonyl (C=O) groups is 6. The number of benzene rings is 2. The van der Waals surface area contributed by atoms with E-state index in [4.69, 9.17) is 18.9 Å². The highest BCUT2D eigenvalue weighted by Gasteiger charge is 2.47. The van der Waals surface area contributed by atoms with E-state index < -0.39 is 73.3 Å². The van der Waals surface area contributed by atoms with Gasteiger partial charge in [0.15, 0.2) is 0 Å². The van der Waals surface area contributed by atoms with Crippen molar-refractivity contribution in [2.45, 2.75) is 108 Å². The van der Waals surface area contributed by atoms with Gasteiger partial charge in [-0.05, 0) is 63.3 Å². The van der Waals surface area contributed by atoms with Crippen LogP contribution >= 0.6 is 0 Å². The van der Waals surface area contributed by atoms with Gasteiger partial charge in [0, 0.05) is 47.2 Å². The van der Waals surface area contributed by atoms with Crippen molar-refractivity contribution in [3.63, 3.8) is 0 Å². The van der Waals surface area contributed by atoms with E-state index in [0.717, 1.165) is 17.2 Å². The third kappa shape index (κ3) is 12.3. The zero-order valence-corrected chi connectivity index (χ0v) is 36.6. The Morgan fingerprint density at radius 2 is 1.61 bits per heavy atom. The van der Waals surface area contributed by atoms with Crippen LogP contribution in [0.4, 0.5) is 14.4 Å². The van der Waals surface area contributed by atoms with Crippen LogP contribution < -0.4 is 20.7 Å². The van der Waals surface area contributed by atoms with Crippen molar-refractivity contribution in [2.24, 2.45) is 0 Å². The maximum absolute atomic E-state index is 14.7. The lowest BCUT2D eigenvalue weighted by Crippen LogP contribution is -2.64. The number of amides is 6. The molecule has 59 heavy (non-hydrogen) atoms. The number of aryl methyl sites for hydroxylation is 1. The van der Waals surface area contributed by atoms with Crippen LogP contribution in [0.2, 0.25) is 25.7 Å². The van der Waals surface area contributed by atoms with Crippen LogP contribution in [-0.4, -0.2) is 135 Å². The van der Waals surface area contributed by atoms with Crippen LogP contribution in [-0.2, 0) is 48.0 Å². The van der Waals surface area contributed by atoms with Gasteiger partial charge in [-0.25, -0.2) is 14.4 Å². The second-order valence-electron chi connectivity index (χ2n) is 18.0. The number of likely N-dealkylation sites (N-methyl/N-ethyl adjacent to an activating group) is 2. The molecule has 0 aromatic heterocycles. The molecule has 1 aliphatic carbocycles. The molecular weight excluding hydrogens is 777 g/mol. The predicted octanol–water partition coefficient (Wildman–Crippen LogP) is 4.08. The van der Waals surface area contributed by atoms with Crippen molar-refractivity contribution in [3.8, 4) is 5.75 Å². The Kier molecular flexibility index (Phi) is 14.2. The highest BCUT2D eigenvalue weighted by atomic mass is 28.3. The van der Waals surface area contributed by atoms with Crippen LogP contribution in [0.5, 0.6) is 5.75 Å². The highest BCUT2D eigenvalue weighted by Crippen LogP contribution is 2.37. The molecule has 2 aliphatic heterocycles. The first-order chi connectivity index (χ1) is 27.7. The zero-order chi connectivity index (χ0) is 43.1. The number of rotatable bonds is 8. The Bertz CT molecular complexity index is 1870. The summed E-state index contributed by atoms with van der Waals surface area (Å²) in [6, 6.07) is 13.1. The minimum absolute atomic E-state index is 0.0345. The molecule has 0 spiro atoms. The summed E-state index contributed by atoms with van der Waals surface area (Å²) < 4.78 is 23.1. The van der Waals surface area contributed by atoms with Crippen molar-refractivity contribution in [3.05, 3.63) is 65.2 Å². The van der Waals surface area contributed by atoms with E-state index in [1.54, 1.807) is 56.0 Å². The monoisotopic (exact) mass is 836 g/mol. The lowest BCUT2D eigenvalue weighted by molar-refractivity contribution is -0.143. The molecule has 16 nitrogen and oxygen atoms in total. The molecule has 17 heteroatoms. The molecule has 0 saturated carbocycles. The lowest BCUT2D eigenvalue weighted by Gasteiger charge is -2.41.